The molecule has 0 aromatic heterocycles. The van der Waals surface area contributed by atoms with E-state index >= 15 is 0 Å². The second-order valence-corrected chi connectivity index (χ2v) is 5.65. The molecule has 0 aliphatic carbocycles. The van der Waals surface area contributed by atoms with Crippen LogP contribution >= 0.6 is 0 Å². The Morgan fingerprint density at radius 3 is 2.62 bits per heavy atom. The highest BCUT2D eigenvalue weighted by atomic mass is 16.5. The van der Waals surface area contributed by atoms with Gasteiger partial charge in [-0.05, 0) is 56.4 Å². The van der Waals surface area contributed by atoms with Gasteiger partial charge in [0.25, 0.3) is 0 Å². The molecular weight excluding hydrogens is 266 g/mol. The number of hydrogen-bond acceptors (Lipinski definition) is 3. The summed E-state index contributed by atoms with van der Waals surface area (Å²) in [5, 5.41) is 2.98. The third-order valence-electron chi connectivity index (χ3n) is 4.08. The number of hydrogen-bond donors (Lipinski definition) is 2. The molecule has 2 rings (SSSR count). The van der Waals surface area contributed by atoms with Gasteiger partial charge >= 0.3 is 6.03 Å². The van der Waals surface area contributed by atoms with Gasteiger partial charge in [-0.1, -0.05) is 0 Å². The maximum Gasteiger partial charge on any atom is 0.322 e. The number of nitrogens with two attached hydrogens (primary N) is 1. The molecule has 2 amide bonds. The van der Waals surface area contributed by atoms with Crippen molar-refractivity contribution in [3.05, 3.63) is 23.3 Å². The number of carbonyl (C=O) groups excluding carboxylic acids is 1. The van der Waals surface area contributed by atoms with Crippen LogP contribution in [-0.2, 0) is 0 Å². The van der Waals surface area contributed by atoms with Crippen molar-refractivity contribution in [2.75, 3.05) is 25.5 Å². The minimum atomic E-state index is -0.0610. The van der Waals surface area contributed by atoms with E-state index in [1.54, 1.807) is 7.11 Å². The number of rotatable bonds is 3. The van der Waals surface area contributed by atoms with Gasteiger partial charge in [0, 0.05) is 24.8 Å². The number of nitrogens with one attached hydrogen (secondary N) is 1. The van der Waals surface area contributed by atoms with Crippen LogP contribution in [-0.4, -0.2) is 37.2 Å². The van der Waals surface area contributed by atoms with E-state index in [2.05, 4.69) is 5.32 Å². The Labute approximate surface area is 126 Å². The number of methoxy groups -OCH3 is 1. The van der Waals surface area contributed by atoms with E-state index in [-0.39, 0.29) is 12.1 Å². The van der Waals surface area contributed by atoms with Crippen molar-refractivity contribution in [1.29, 1.82) is 0 Å². The molecule has 5 heteroatoms. The molecule has 0 saturated carbocycles. The van der Waals surface area contributed by atoms with Crippen molar-refractivity contribution < 1.29 is 9.53 Å². The van der Waals surface area contributed by atoms with Crippen molar-refractivity contribution >= 4 is 11.7 Å². The standard InChI is InChI=1S/C16H25N3O2/c1-11-8-13(9-12(2)15(11)21-3)18-16(20)19-7-5-4-6-14(19)10-17/h8-9,14H,4-7,10,17H2,1-3H3,(H,18,20)/t14-/m1/s1. The zero-order valence-corrected chi connectivity index (χ0v) is 13.1. The van der Waals surface area contributed by atoms with Gasteiger partial charge < -0.3 is 20.7 Å². The van der Waals surface area contributed by atoms with Gasteiger partial charge in [-0.25, -0.2) is 4.79 Å². The average Bonchev–Trinajstić information content (AvgIpc) is 2.46. The molecule has 116 valence electrons. The predicted molar refractivity (Wildman–Crippen MR) is 84.9 cm³/mol. The zero-order chi connectivity index (χ0) is 15.4. The molecule has 1 heterocycles. The highest BCUT2D eigenvalue weighted by molar-refractivity contribution is 5.90. The molecule has 1 atom stereocenters. The molecule has 0 radical (unpaired) electrons. The van der Waals surface area contributed by atoms with Crippen LogP contribution in [0.2, 0.25) is 0 Å². The normalized spacial score (nSPS) is 18.5. The van der Waals surface area contributed by atoms with Crippen LogP contribution in [0.3, 0.4) is 0 Å². The number of benzene rings is 1. The summed E-state index contributed by atoms with van der Waals surface area (Å²) in [6.45, 7) is 5.26. The molecule has 1 aliphatic heterocycles. The maximum absolute atomic E-state index is 12.4. The molecule has 0 unspecified atom stereocenters. The first kappa shape index (κ1) is 15.6. The number of ether oxygens (including phenoxy) is 1. The Balaban J connectivity index is 2.12. The van der Waals surface area contributed by atoms with Crippen molar-refractivity contribution in [1.82, 2.24) is 4.90 Å². The first-order valence-corrected chi connectivity index (χ1v) is 7.49. The molecule has 0 spiro atoms. The van der Waals surface area contributed by atoms with E-state index in [0.29, 0.717) is 6.54 Å². The highest BCUT2D eigenvalue weighted by Crippen LogP contribution is 2.27. The largest absolute Gasteiger partial charge is 0.496 e. The fourth-order valence-electron chi connectivity index (χ4n) is 3.05. The lowest BCUT2D eigenvalue weighted by Crippen LogP contribution is -2.49. The lowest BCUT2D eigenvalue weighted by molar-refractivity contribution is 0.166. The number of urea groups is 1. The Hall–Kier alpha value is -1.75. The monoisotopic (exact) mass is 291 g/mol. The summed E-state index contributed by atoms with van der Waals surface area (Å²) in [5.74, 6) is 0.866. The van der Waals surface area contributed by atoms with Gasteiger partial charge in [0.05, 0.1) is 7.11 Å². The maximum atomic E-state index is 12.4. The predicted octanol–water partition coefficient (Wildman–Crippen LogP) is 2.66. The Morgan fingerprint density at radius 1 is 1.38 bits per heavy atom. The number of likely N-dealkylation sites (tertiary alicyclic amines) is 1. The fourth-order valence-corrected chi connectivity index (χ4v) is 3.05. The smallest absolute Gasteiger partial charge is 0.322 e. The van der Waals surface area contributed by atoms with Crippen LogP contribution < -0.4 is 15.8 Å². The van der Waals surface area contributed by atoms with Crippen LogP contribution in [0.4, 0.5) is 10.5 Å². The van der Waals surface area contributed by atoms with Gasteiger partial charge in [0.1, 0.15) is 5.75 Å². The summed E-state index contributed by atoms with van der Waals surface area (Å²) in [6.07, 6.45) is 3.18. The second-order valence-electron chi connectivity index (χ2n) is 5.65. The van der Waals surface area contributed by atoms with Crippen molar-refractivity contribution in [2.45, 2.75) is 39.2 Å². The fraction of sp³-hybridized carbons (Fsp3) is 0.562. The van der Waals surface area contributed by atoms with E-state index < -0.39 is 0 Å². The molecule has 1 aromatic rings. The number of amides is 2. The van der Waals surface area contributed by atoms with E-state index in [4.69, 9.17) is 10.5 Å². The number of anilines is 1. The van der Waals surface area contributed by atoms with Crippen LogP contribution in [0, 0.1) is 13.8 Å². The van der Waals surface area contributed by atoms with Gasteiger partial charge in [-0.15, -0.1) is 0 Å². The van der Waals surface area contributed by atoms with E-state index in [9.17, 15) is 4.79 Å². The minimum absolute atomic E-state index is 0.0610. The Bertz CT molecular complexity index is 493. The number of carbonyl (C=O) groups is 1. The summed E-state index contributed by atoms with van der Waals surface area (Å²) < 4.78 is 5.35. The lowest BCUT2D eigenvalue weighted by atomic mass is 10.0. The molecular formula is C16H25N3O2. The summed E-state index contributed by atoms with van der Waals surface area (Å²) >= 11 is 0. The first-order valence-electron chi connectivity index (χ1n) is 7.49. The van der Waals surface area contributed by atoms with Gasteiger partial charge in [-0.2, -0.15) is 0 Å². The highest BCUT2D eigenvalue weighted by Gasteiger charge is 2.25. The Morgan fingerprint density at radius 2 is 2.05 bits per heavy atom. The number of aryl methyl sites for hydroxylation is 2. The Kier molecular flexibility index (Phi) is 5.07. The molecule has 21 heavy (non-hydrogen) atoms. The van der Waals surface area contributed by atoms with Crippen molar-refractivity contribution in [3.63, 3.8) is 0 Å². The van der Waals surface area contributed by atoms with Crippen LogP contribution in [0.5, 0.6) is 5.75 Å². The van der Waals surface area contributed by atoms with Crippen molar-refractivity contribution in [3.8, 4) is 5.75 Å². The summed E-state index contributed by atoms with van der Waals surface area (Å²) in [6, 6.07) is 3.96. The van der Waals surface area contributed by atoms with E-state index in [1.807, 2.05) is 30.9 Å². The molecule has 5 nitrogen and oxygen atoms in total. The van der Waals surface area contributed by atoms with Crippen molar-refractivity contribution in [2.24, 2.45) is 5.73 Å². The average molecular weight is 291 g/mol. The number of piperidine rings is 1. The van der Waals surface area contributed by atoms with Gasteiger partial charge in [-0.3, -0.25) is 0 Å². The number of nitrogens with zero attached hydrogens (tertiary/aromatic N) is 1. The minimum Gasteiger partial charge on any atom is -0.496 e. The lowest BCUT2D eigenvalue weighted by Gasteiger charge is -2.35. The molecule has 0 bridgehead atoms. The van der Waals surface area contributed by atoms with Crippen LogP contribution in [0.1, 0.15) is 30.4 Å². The summed E-state index contributed by atoms with van der Waals surface area (Å²) in [4.78, 5) is 14.3. The zero-order valence-electron chi connectivity index (χ0n) is 13.1. The molecule has 1 fully saturated rings. The molecule has 1 aromatic carbocycles. The molecule has 3 N–H and O–H groups in total. The van der Waals surface area contributed by atoms with Crippen LogP contribution in [0.15, 0.2) is 12.1 Å². The third kappa shape index (κ3) is 3.47. The molecule has 1 saturated heterocycles. The molecule has 1 aliphatic rings. The first-order chi connectivity index (χ1) is 10.1. The van der Waals surface area contributed by atoms with Crippen LogP contribution in [0.25, 0.3) is 0 Å². The SMILES string of the molecule is COc1c(C)cc(NC(=O)N2CCCC[C@@H]2CN)cc1C. The van der Waals surface area contributed by atoms with E-state index in [1.165, 1.54) is 0 Å². The topological polar surface area (TPSA) is 67.6 Å². The quantitative estimate of drug-likeness (QED) is 0.899. The third-order valence-corrected chi connectivity index (χ3v) is 4.08. The van der Waals surface area contributed by atoms with E-state index in [0.717, 1.165) is 48.4 Å². The second kappa shape index (κ2) is 6.80. The van der Waals surface area contributed by atoms with Gasteiger partial charge in [0.2, 0.25) is 0 Å². The van der Waals surface area contributed by atoms with Gasteiger partial charge in [0.15, 0.2) is 0 Å². The summed E-state index contributed by atoms with van der Waals surface area (Å²) in [7, 11) is 1.66. The summed E-state index contributed by atoms with van der Waals surface area (Å²) in [5.41, 5.74) is 8.61.